The van der Waals surface area contributed by atoms with E-state index in [0.29, 0.717) is 13.2 Å². The third-order valence-electron chi connectivity index (χ3n) is 2.26. The van der Waals surface area contributed by atoms with Crippen molar-refractivity contribution in [1.29, 1.82) is 0 Å². The molecule has 5 nitrogen and oxygen atoms in total. The molecule has 0 amide bonds. The summed E-state index contributed by atoms with van der Waals surface area (Å²) in [5.74, 6) is -0.421. The second kappa shape index (κ2) is 5.09. The number of hydrogen-bond donors (Lipinski definition) is 0. The van der Waals surface area contributed by atoms with Gasteiger partial charge < -0.3 is 4.74 Å². The highest BCUT2D eigenvalue weighted by molar-refractivity contribution is 7.13. The summed E-state index contributed by atoms with van der Waals surface area (Å²) in [6, 6.07) is 3.88. The molecule has 0 radical (unpaired) electrons. The van der Waals surface area contributed by atoms with Crippen molar-refractivity contribution in [2.45, 2.75) is 20.4 Å². The monoisotopic (exact) mass is 251 g/mol. The molecule has 0 N–H and O–H groups in total. The Kier molecular flexibility index (Phi) is 3.53. The number of carbonyl (C=O) groups excluding carboxylic acids is 1. The molecule has 0 aromatic carbocycles. The minimum atomic E-state index is -0.421. The maximum absolute atomic E-state index is 11.8. The van der Waals surface area contributed by atoms with Gasteiger partial charge in [0.2, 0.25) is 0 Å². The molecule has 2 aromatic rings. The molecule has 0 atom stereocenters. The number of thiophene rings is 1. The van der Waals surface area contributed by atoms with Gasteiger partial charge in [0, 0.05) is 6.54 Å². The van der Waals surface area contributed by atoms with E-state index in [0.717, 1.165) is 10.6 Å². The first-order chi connectivity index (χ1) is 8.27. The van der Waals surface area contributed by atoms with Crippen LogP contribution in [0.4, 0.5) is 0 Å². The summed E-state index contributed by atoms with van der Waals surface area (Å²) in [6.07, 6.45) is 0. The van der Waals surface area contributed by atoms with E-state index in [9.17, 15) is 4.79 Å². The van der Waals surface area contributed by atoms with Crippen LogP contribution in [0.1, 0.15) is 24.3 Å². The van der Waals surface area contributed by atoms with Crippen LogP contribution in [-0.4, -0.2) is 27.6 Å². The van der Waals surface area contributed by atoms with E-state index in [4.69, 9.17) is 4.74 Å². The zero-order valence-corrected chi connectivity index (χ0v) is 10.5. The first-order valence-corrected chi connectivity index (χ1v) is 6.30. The molecule has 0 spiro atoms. The average molecular weight is 251 g/mol. The molecule has 0 aliphatic rings. The van der Waals surface area contributed by atoms with Gasteiger partial charge in [-0.05, 0) is 25.3 Å². The van der Waals surface area contributed by atoms with Crippen molar-refractivity contribution in [2.24, 2.45) is 0 Å². The highest BCUT2D eigenvalue weighted by Crippen LogP contribution is 2.27. The molecule has 0 fully saturated rings. The van der Waals surface area contributed by atoms with Crippen LogP contribution in [0.25, 0.3) is 10.6 Å². The van der Waals surface area contributed by atoms with Crippen molar-refractivity contribution >= 4 is 17.3 Å². The molecule has 0 saturated carbocycles. The minimum Gasteiger partial charge on any atom is -0.461 e. The number of hydrogen-bond acceptors (Lipinski definition) is 5. The largest absolute Gasteiger partial charge is 0.461 e. The lowest BCUT2D eigenvalue weighted by atomic mass is 10.2. The number of rotatable bonds is 4. The molecule has 2 rings (SSSR count). The van der Waals surface area contributed by atoms with Crippen LogP contribution >= 0.6 is 11.3 Å². The topological polar surface area (TPSA) is 57.0 Å². The van der Waals surface area contributed by atoms with Crippen molar-refractivity contribution in [2.75, 3.05) is 6.61 Å². The fourth-order valence-electron chi connectivity index (χ4n) is 1.53. The van der Waals surface area contributed by atoms with Gasteiger partial charge in [-0.15, -0.1) is 16.4 Å². The Morgan fingerprint density at radius 2 is 2.35 bits per heavy atom. The van der Waals surface area contributed by atoms with Crippen molar-refractivity contribution in [3.05, 3.63) is 23.2 Å². The number of aromatic nitrogens is 3. The second-order valence-electron chi connectivity index (χ2n) is 3.30. The SMILES string of the molecule is CCOC(=O)c1nnn(CC)c1-c1cccs1. The summed E-state index contributed by atoms with van der Waals surface area (Å²) in [5, 5.41) is 9.83. The van der Waals surface area contributed by atoms with E-state index >= 15 is 0 Å². The van der Waals surface area contributed by atoms with Gasteiger partial charge in [0.15, 0.2) is 5.69 Å². The molecule has 90 valence electrons. The molecule has 0 aliphatic carbocycles. The standard InChI is InChI=1S/C11H13N3O2S/c1-3-14-10(8-6-5-7-17-8)9(12-13-14)11(15)16-4-2/h5-7H,3-4H2,1-2H3. The van der Waals surface area contributed by atoms with Gasteiger partial charge in [0.05, 0.1) is 11.5 Å². The fourth-order valence-corrected chi connectivity index (χ4v) is 2.30. The Bertz CT molecular complexity index is 505. The van der Waals surface area contributed by atoms with E-state index in [1.807, 2.05) is 24.4 Å². The van der Waals surface area contributed by atoms with Gasteiger partial charge in [0.1, 0.15) is 5.69 Å². The number of esters is 1. The molecule has 0 aliphatic heterocycles. The Hall–Kier alpha value is -1.69. The molecule has 0 saturated heterocycles. The maximum Gasteiger partial charge on any atom is 0.361 e. The second-order valence-corrected chi connectivity index (χ2v) is 4.25. The van der Waals surface area contributed by atoms with Crippen molar-refractivity contribution in [3.8, 4) is 10.6 Å². The lowest BCUT2D eigenvalue weighted by molar-refractivity contribution is 0.0520. The van der Waals surface area contributed by atoms with Gasteiger partial charge in [-0.2, -0.15) is 0 Å². The normalized spacial score (nSPS) is 10.5. The van der Waals surface area contributed by atoms with Crippen molar-refractivity contribution in [1.82, 2.24) is 15.0 Å². The summed E-state index contributed by atoms with van der Waals surface area (Å²) in [7, 11) is 0. The van der Waals surface area contributed by atoms with Crippen LogP contribution in [-0.2, 0) is 11.3 Å². The van der Waals surface area contributed by atoms with Crippen LogP contribution in [0.5, 0.6) is 0 Å². The lowest BCUT2D eigenvalue weighted by Gasteiger charge is -2.03. The Morgan fingerprint density at radius 1 is 1.53 bits per heavy atom. The summed E-state index contributed by atoms with van der Waals surface area (Å²) in [4.78, 5) is 12.7. The van der Waals surface area contributed by atoms with Gasteiger partial charge in [-0.1, -0.05) is 11.3 Å². The molecule has 2 heterocycles. The van der Waals surface area contributed by atoms with E-state index < -0.39 is 5.97 Å². The van der Waals surface area contributed by atoms with E-state index in [-0.39, 0.29) is 5.69 Å². The average Bonchev–Trinajstić information content (AvgIpc) is 2.97. The minimum absolute atomic E-state index is 0.288. The predicted octanol–water partition coefficient (Wildman–Crippen LogP) is 2.20. The molecule has 2 aromatic heterocycles. The van der Waals surface area contributed by atoms with E-state index in [1.165, 1.54) is 0 Å². The maximum atomic E-state index is 11.8. The summed E-state index contributed by atoms with van der Waals surface area (Å²) in [6.45, 7) is 4.73. The van der Waals surface area contributed by atoms with Gasteiger partial charge in [0.25, 0.3) is 0 Å². The van der Waals surface area contributed by atoms with Crippen molar-refractivity contribution < 1.29 is 9.53 Å². The zero-order chi connectivity index (χ0) is 12.3. The smallest absolute Gasteiger partial charge is 0.361 e. The third kappa shape index (κ3) is 2.21. The molecule has 17 heavy (non-hydrogen) atoms. The summed E-state index contributed by atoms with van der Waals surface area (Å²) >= 11 is 1.55. The molecule has 0 bridgehead atoms. The third-order valence-corrected chi connectivity index (χ3v) is 3.13. The van der Waals surface area contributed by atoms with Crippen LogP contribution < -0.4 is 0 Å². The van der Waals surface area contributed by atoms with E-state index in [2.05, 4.69) is 10.3 Å². The predicted molar refractivity (Wildman–Crippen MR) is 65.0 cm³/mol. The number of nitrogens with zero attached hydrogens (tertiary/aromatic N) is 3. The van der Waals surface area contributed by atoms with Gasteiger partial charge >= 0.3 is 5.97 Å². The fraction of sp³-hybridized carbons (Fsp3) is 0.364. The first kappa shape index (κ1) is 11.8. The number of carbonyl (C=O) groups is 1. The highest BCUT2D eigenvalue weighted by atomic mass is 32.1. The summed E-state index contributed by atoms with van der Waals surface area (Å²) in [5.41, 5.74) is 1.03. The van der Waals surface area contributed by atoms with Crippen molar-refractivity contribution in [3.63, 3.8) is 0 Å². The lowest BCUT2D eigenvalue weighted by Crippen LogP contribution is -2.07. The van der Waals surface area contributed by atoms with Crippen LogP contribution in [0.3, 0.4) is 0 Å². The van der Waals surface area contributed by atoms with Gasteiger partial charge in [-0.3, -0.25) is 0 Å². The number of aryl methyl sites for hydroxylation is 1. The van der Waals surface area contributed by atoms with E-state index in [1.54, 1.807) is 22.9 Å². The Balaban J connectivity index is 2.47. The van der Waals surface area contributed by atoms with Crippen LogP contribution in [0.15, 0.2) is 17.5 Å². The zero-order valence-electron chi connectivity index (χ0n) is 9.71. The van der Waals surface area contributed by atoms with Crippen LogP contribution in [0.2, 0.25) is 0 Å². The van der Waals surface area contributed by atoms with Gasteiger partial charge in [-0.25, -0.2) is 9.48 Å². The quantitative estimate of drug-likeness (QED) is 0.782. The Labute approximate surface area is 103 Å². The highest BCUT2D eigenvalue weighted by Gasteiger charge is 2.22. The first-order valence-electron chi connectivity index (χ1n) is 5.42. The van der Waals surface area contributed by atoms with Crippen LogP contribution in [0, 0.1) is 0 Å². The molecular weight excluding hydrogens is 238 g/mol. The molecule has 6 heteroatoms. The Morgan fingerprint density at radius 3 is 2.94 bits per heavy atom. The molecule has 0 unspecified atom stereocenters. The summed E-state index contributed by atoms with van der Waals surface area (Å²) < 4.78 is 6.68. The molecular formula is C11H13N3O2S. The number of ether oxygens (including phenoxy) is 1.